The number of hydrazone groups is 1. The van der Waals surface area contributed by atoms with Gasteiger partial charge in [0.05, 0.1) is 41.4 Å². The number of aryl methyl sites for hydroxylation is 1. The summed E-state index contributed by atoms with van der Waals surface area (Å²) in [4.78, 5) is 42.1. The predicted molar refractivity (Wildman–Crippen MR) is 209 cm³/mol. The van der Waals surface area contributed by atoms with Gasteiger partial charge in [0.2, 0.25) is 5.91 Å². The first-order valence-electron chi connectivity index (χ1n) is 18.6. The number of carbonyl (C=O) groups is 2. The maximum Gasteiger partial charge on any atom is 0.268 e. The first-order chi connectivity index (χ1) is 26.1. The van der Waals surface area contributed by atoms with Gasteiger partial charge in [0, 0.05) is 48.3 Å². The monoisotopic (exact) mass is 740 g/mol. The highest BCUT2D eigenvalue weighted by molar-refractivity contribution is 6.71. The van der Waals surface area contributed by atoms with Gasteiger partial charge in [-0.1, -0.05) is 91.0 Å². The molecule has 0 radical (unpaired) electrons. The van der Waals surface area contributed by atoms with Crippen LogP contribution in [0.4, 0.5) is 17.1 Å². The molecule has 2 N–H and O–H groups in total. The van der Waals surface area contributed by atoms with E-state index in [1.165, 1.54) is 5.01 Å². The van der Waals surface area contributed by atoms with Crippen molar-refractivity contribution in [2.75, 3.05) is 16.5 Å². The van der Waals surface area contributed by atoms with Crippen LogP contribution < -0.4 is 9.91 Å². The predicted octanol–water partition coefficient (Wildman–Crippen LogP) is 6.50. The quantitative estimate of drug-likeness (QED) is 0.156. The summed E-state index contributed by atoms with van der Waals surface area (Å²) in [6, 6.07) is 34.7. The molecule has 1 aromatic heterocycles. The Morgan fingerprint density at radius 1 is 0.907 bits per heavy atom. The number of aromatic nitrogens is 3. The molecular weight excluding hydrogens is 697 g/mol. The Morgan fingerprint density at radius 2 is 1.59 bits per heavy atom. The van der Waals surface area contributed by atoms with Gasteiger partial charge in [-0.15, -0.1) is 5.10 Å². The maximum absolute atomic E-state index is 15.1. The Hall–Kier alpha value is -5.27. The number of rotatable bonds is 10. The van der Waals surface area contributed by atoms with Crippen molar-refractivity contribution in [2.24, 2.45) is 11.0 Å². The highest BCUT2D eigenvalue weighted by Crippen LogP contribution is 2.61. The van der Waals surface area contributed by atoms with Crippen LogP contribution in [-0.2, 0) is 26.5 Å². The first kappa shape index (κ1) is 35.7. The Labute approximate surface area is 315 Å². The number of hydrogen-bond donors (Lipinski definition) is 2. The molecule has 0 aliphatic carbocycles. The fourth-order valence-electron chi connectivity index (χ4n) is 8.71. The number of benzene rings is 4. The highest BCUT2D eigenvalue weighted by atomic mass is 28.4. The molecular formula is C42H44N6O5Si. The lowest BCUT2D eigenvalue weighted by Gasteiger charge is -2.32. The minimum absolute atomic E-state index is 0.107. The molecule has 3 aliphatic rings. The number of amides is 2. The summed E-state index contributed by atoms with van der Waals surface area (Å²) in [5.41, 5.74) is 4.21. The molecule has 54 heavy (non-hydrogen) atoms. The molecule has 1 spiro atoms. The first-order valence-corrected chi connectivity index (χ1v) is 21.6. The standard InChI is InChI=1S/C42H44N6O5Si/c1-28-40(54(2,3)52)38(23-24-46-26-36(43-45-46)33(27-49)29-13-7-4-8-14-29)53-42(28)34-25-32(19-21-37(34)47(41(42)51)31-17-11-6-12-18-31)48-39(50)22-20-35(44-48)30-15-9-5-10-16-30/h4-19,21,25-26,28,33,38,40,49,52H,20,22-24,27H2,1-3H3/t28-,33?,38+,40-,42+/m0/s1. The molecule has 5 aromatic rings. The van der Waals surface area contributed by atoms with Gasteiger partial charge in [0.25, 0.3) is 5.91 Å². The van der Waals surface area contributed by atoms with E-state index in [1.54, 1.807) is 9.58 Å². The van der Waals surface area contributed by atoms with Crippen LogP contribution in [0.3, 0.4) is 0 Å². The zero-order chi connectivity index (χ0) is 37.6. The summed E-state index contributed by atoms with van der Waals surface area (Å²) < 4.78 is 8.86. The van der Waals surface area contributed by atoms with Crippen molar-refractivity contribution in [1.82, 2.24) is 15.0 Å². The Bertz CT molecular complexity index is 2190. The molecule has 4 heterocycles. The Balaban J connectivity index is 1.17. The van der Waals surface area contributed by atoms with E-state index in [0.717, 1.165) is 16.8 Å². The van der Waals surface area contributed by atoms with Crippen LogP contribution in [0.25, 0.3) is 0 Å². The SMILES string of the molecule is C[C@H]1[C@H]([Si](C)(C)O)[C@@H](CCn2cc(C(CO)c3ccccc3)nn2)O[C@]12C(=O)N(c1ccccc1)c1ccc(N3N=C(c4ccccc4)CCC3=O)cc12. The van der Waals surface area contributed by atoms with Gasteiger partial charge >= 0.3 is 0 Å². The summed E-state index contributed by atoms with van der Waals surface area (Å²) in [6.45, 7) is 6.14. The van der Waals surface area contributed by atoms with Crippen molar-refractivity contribution in [3.63, 3.8) is 0 Å². The largest absolute Gasteiger partial charge is 0.432 e. The summed E-state index contributed by atoms with van der Waals surface area (Å²) in [5.74, 6) is -1.08. The molecule has 1 fully saturated rings. The number of carbonyl (C=O) groups excluding carboxylic acids is 2. The van der Waals surface area contributed by atoms with Crippen LogP contribution in [0.2, 0.25) is 18.6 Å². The molecule has 1 saturated heterocycles. The van der Waals surface area contributed by atoms with Crippen LogP contribution in [-0.4, -0.2) is 63.5 Å². The molecule has 11 nitrogen and oxygen atoms in total. The van der Waals surface area contributed by atoms with Crippen LogP contribution in [0.1, 0.15) is 54.5 Å². The molecule has 1 unspecified atom stereocenters. The zero-order valence-electron chi connectivity index (χ0n) is 30.6. The van der Waals surface area contributed by atoms with Gasteiger partial charge in [0.15, 0.2) is 13.9 Å². The molecule has 0 saturated carbocycles. The number of para-hydroxylation sites is 1. The zero-order valence-corrected chi connectivity index (χ0v) is 31.6. The Morgan fingerprint density at radius 3 is 2.28 bits per heavy atom. The topological polar surface area (TPSA) is 133 Å². The second kappa shape index (κ2) is 14.2. The molecule has 4 aromatic carbocycles. The molecule has 3 aliphatic heterocycles. The molecule has 12 heteroatoms. The summed E-state index contributed by atoms with van der Waals surface area (Å²) in [7, 11) is -2.96. The Kier molecular flexibility index (Phi) is 9.38. The van der Waals surface area contributed by atoms with Gasteiger partial charge in [-0.2, -0.15) is 5.10 Å². The van der Waals surface area contributed by atoms with E-state index in [1.807, 2.05) is 135 Å². The van der Waals surface area contributed by atoms with Crippen molar-refractivity contribution in [1.29, 1.82) is 0 Å². The van der Waals surface area contributed by atoms with Crippen LogP contribution in [0, 0.1) is 5.92 Å². The third-order valence-electron chi connectivity index (χ3n) is 11.2. The van der Waals surface area contributed by atoms with Crippen molar-refractivity contribution in [3.05, 3.63) is 138 Å². The number of aliphatic hydroxyl groups excluding tert-OH is 1. The van der Waals surface area contributed by atoms with Gasteiger partial charge in [0.1, 0.15) is 0 Å². The lowest BCUT2D eigenvalue weighted by Crippen LogP contribution is -2.45. The minimum Gasteiger partial charge on any atom is -0.432 e. The van der Waals surface area contributed by atoms with Gasteiger partial charge in [-0.25, -0.2) is 5.01 Å². The molecule has 0 bridgehead atoms. The van der Waals surface area contributed by atoms with Gasteiger partial charge < -0.3 is 14.6 Å². The van der Waals surface area contributed by atoms with Crippen molar-refractivity contribution >= 4 is 42.9 Å². The summed E-state index contributed by atoms with van der Waals surface area (Å²) >= 11 is 0. The van der Waals surface area contributed by atoms with Crippen LogP contribution >= 0.6 is 0 Å². The maximum atomic E-state index is 15.1. The van der Waals surface area contributed by atoms with E-state index >= 15 is 4.79 Å². The third-order valence-corrected chi connectivity index (χ3v) is 13.7. The van der Waals surface area contributed by atoms with Crippen LogP contribution in [0.5, 0.6) is 0 Å². The molecule has 5 atom stereocenters. The number of anilines is 3. The van der Waals surface area contributed by atoms with E-state index in [9.17, 15) is 14.7 Å². The molecule has 2 amide bonds. The number of fused-ring (bicyclic) bond motifs is 2. The minimum atomic E-state index is -2.96. The fourth-order valence-corrected chi connectivity index (χ4v) is 11.3. The highest BCUT2D eigenvalue weighted by Gasteiger charge is 2.66. The van der Waals surface area contributed by atoms with E-state index in [0.29, 0.717) is 54.1 Å². The summed E-state index contributed by atoms with van der Waals surface area (Å²) in [6.07, 6.45) is 2.67. The van der Waals surface area contributed by atoms with Crippen LogP contribution in [0.15, 0.2) is 120 Å². The number of aliphatic hydroxyl groups is 1. The number of hydrogen-bond acceptors (Lipinski definition) is 8. The van der Waals surface area contributed by atoms with Gasteiger partial charge in [-0.05, 0) is 61.0 Å². The van der Waals surface area contributed by atoms with Gasteiger partial charge in [-0.3, -0.25) is 19.2 Å². The van der Waals surface area contributed by atoms with Crippen molar-refractivity contribution in [3.8, 4) is 0 Å². The normalized spacial score (nSPS) is 23.2. The molecule has 276 valence electrons. The number of ether oxygens (including phenoxy) is 1. The second-order valence-corrected chi connectivity index (χ2v) is 19.0. The van der Waals surface area contributed by atoms with Crippen molar-refractivity contribution in [2.45, 2.75) is 69.0 Å². The smallest absolute Gasteiger partial charge is 0.268 e. The average Bonchev–Trinajstić information content (AvgIpc) is 3.85. The lowest BCUT2D eigenvalue weighted by molar-refractivity contribution is -0.145. The van der Waals surface area contributed by atoms with Crippen molar-refractivity contribution < 1.29 is 24.2 Å². The van der Waals surface area contributed by atoms with E-state index in [4.69, 9.17) is 9.84 Å². The molecule has 8 rings (SSSR count). The fraction of sp³-hybridized carbons (Fsp3) is 0.310. The number of nitrogens with zero attached hydrogens (tertiary/aromatic N) is 6. The summed E-state index contributed by atoms with van der Waals surface area (Å²) in [5, 5.41) is 25.3. The lowest BCUT2D eigenvalue weighted by atomic mass is 9.82. The van der Waals surface area contributed by atoms with E-state index < -0.39 is 25.9 Å². The van der Waals surface area contributed by atoms with E-state index in [-0.39, 0.29) is 29.9 Å². The van der Waals surface area contributed by atoms with E-state index in [2.05, 4.69) is 10.3 Å². The average molecular weight is 741 g/mol. The second-order valence-electron chi connectivity index (χ2n) is 15.0. The third kappa shape index (κ3) is 6.18.